The van der Waals surface area contributed by atoms with E-state index < -0.39 is 0 Å². The second-order valence-corrected chi connectivity index (χ2v) is 8.68. The second kappa shape index (κ2) is 9.32. The van der Waals surface area contributed by atoms with Crippen LogP contribution in [0.4, 0.5) is 5.69 Å². The van der Waals surface area contributed by atoms with Crippen LogP contribution < -0.4 is 9.64 Å². The van der Waals surface area contributed by atoms with Crippen molar-refractivity contribution < 1.29 is 14.3 Å². The van der Waals surface area contributed by atoms with Gasteiger partial charge >= 0.3 is 0 Å². The van der Waals surface area contributed by atoms with Gasteiger partial charge in [0.25, 0.3) is 11.8 Å². The van der Waals surface area contributed by atoms with Crippen molar-refractivity contribution in [1.29, 1.82) is 0 Å². The minimum atomic E-state index is -0.286. The Morgan fingerprint density at radius 2 is 1.80 bits per heavy atom. The van der Waals surface area contributed by atoms with Crippen LogP contribution in [0.3, 0.4) is 0 Å². The number of anilines is 1. The Kier molecular flexibility index (Phi) is 6.35. The van der Waals surface area contributed by atoms with Crippen molar-refractivity contribution >= 4 is 46.2 Å². The van der Waals surface area contributed by atoms with Crippen LogP contribution >= 0.6 is 23.1 Å². The van der Waals surface area contributed by atoms with E-state index in [-0.39, 0.29) is 11.8 Å². The van der Waals surface area contributed by atoms with Gasteiger partial charge in [0.2, 0.25) is 0 Å². The molecule has 0 saturated carbocycles. The summed E-state index contributed by atoms with van der Waals surface area (Å²) in [6, 6.07) is 20.9. The number of thiophene rings is 1. The number of hydrogen-bond donors (Lipinski definition) is 0. The maximum absolute atomic E-state index is 13.4. The van der Waals surface area contributed by atoms with Crippen molar-refractivity contribution in [2.75, 3.05) is 11.5 Å². The molecule has 30 heavy (non-hydrogen) atoms. The predicted octanol–water partition coefficient (Wildman–Crippen LogP) is 5.75. The molecule has 2 amide bonds. The van der Waals surface area contributed by atoms with Crippen molar-refractivity contribution in [2.24, 2.45) is 0 Å². The van der Waals surface area contributed by atoms with Crippen LogP contribution in [-0.2, 0) is 15.3 Å². The lowest BCUT2D eigenvalue weighted by molar-refractivity contribution is -0.119. The summed E-state index contributed by atoms with van der Waals surface area (Å²) < 4.78 is 5.69. The Morgan fingerprint density at radius 3 is 2.53 bits per heavy atom. The number of ether oxygens (including phenoxy) is 1. The fourth-order valence-corrected chi connectivity index (χ4v) is 5.07. The number of benzene rings is 2. The zero-order chi connectivity index (χ0) is 20.9. The standard InChI is InChI=1S/C24H21NO3S2/c1-2-13-28-19-11-6-10-18(15-19)25-23(26)21(20-12-7-14-29-20)22(24(25)27)30-16-17-8-4-3-5-9-17/h3-12,14-15H,2,13,16H2,1H3. The average molecular weight is 436 g/mol. The number of amides is 2. The molecule has 3 aromatic rings. The highest BCUT2D eigenvalue weighted by Gasteiger charge is 2.40. The minimum Gasteiger partial charge on any atom is -0.494 e. The Hall–Kier alpha value is -2.83. The Morgan fingerprint density at radius 1 is 0.967 bits per heavy atom. The predicted molar refractivity (Wildman–Crippen MR) is 124 cm³/mol. The van der Waals surface area contributed by atoms with Gasteiger partial charge in [-0.05, 0) is 35.6 Å². The molecule has 0 N–H and O–H groups in total. The lowest BCUT2D eigenvalue weighted by atomic mass is 10.2. The molecule has 0 unspecified atom stereocenters. The minimum absolute atomic E-state index is 0.281. The number of nitrogens with zero attached hydrogens (tertiary/aromatic N) is 1. The van der Waals surface area contributed by atoms with E-state index in [1.54, 1.807) is 18.2 Å². The molecule has 0 saturated heterocycles. The molecule has 1 aliphatic heterocycles. The molecule has 2 aromatic carbocycles. The first kappa shape index (κ1) is 20.4. The molecule has 6 heteroatoms. The van der Waals surface area contributed by atoms with Crippen LogP contribution in [0.15, 0.2) is 77.0 Å². The van der Waals surface area contributed by atoms with Crippen LogP contribution in [0.25, 0.3) is 5.57 Å². The van der Waals surface area contributed by atoms with Gasteiger partial charge in [-0.3, -0.25) is 9.59 Å². The molecule has 0 radical (unpaired) electrons. The van der Waals surface area contributed by atoms with E-state index >= 15 is 0 Å². The molecule has 0 atom stereocenters. The summed E-state index contributed by atoms with van der Waals surface area (Å²) in [5, 5.41) is 1.92. The van der Waals surface area contributed by atoms with Crippen molar-refractivity contribution in [2.45, 2.75) is 19.1 Å². The fraction of sp³-hybridized carbons (Fsp3) is 0.167. The lowest BCUT2D eigenvalue weighted by Crippen LogP contribution is -2.31. The van der Waals surface area contributed by atoms with E-state index in [9.17, 15) is 9.59 Å². The monoisotopic (exact) mass is 435 g/mol. The topological polar surface area (TPSA) is 46.6 Å². The summed E-state index contributed by atoms with van der Waals surface area (Å²) in [5.74, 6) is 0.707. The van der Waals surface area contributed by atoms with Gasteiger partial charge in [0.15, 0.2) is 0 Å². The molecule has 4 nitrogen and oxygen atoms in total. The van der Waals surface area contributed by atoms with Crippen molar-refractivity contribution in [3.05, 3.63) is 87.5 Å². The molecule has 0 spiro atoms. The van der Waals surface area contributed by atoms with E-state index in [1.807, 2.05) is 60.8 Å². The summed E-state index contributed by atoms with van der Waals surface area (Å²) >= 11 is 2.88. The molecular formula is C24H21NO3S2. The molecule has 0 bridgehead atoms. The molecule has 1 aromatic heterocycles. The number of carbonyl (C=O) groups excluding carboxylic acids is 2. The van der Waals surface area contributed by atoms with Crippen molar-refractivity contribution in [3.8, 4) is 5.75 Å². The number of hydrogen-bond acceptors (Lipinski definition) is 5. The first-order chi connectivity index (χ1) is 14.7. The van der Waals surface area contributed by atoms with Crippen molar-refractivity contribution in [1.82, 2.24) is 0 Å². The van der Waals surface area contributed by atoms with E-state index in [4.69, 9.17) is 4.74 Å². The van der Waals surface area contributed by atoms with Crippen LogP contribution in [0, 0.1) is 0 Å². The molecule has 152 valence electrons. The molecule has 0 fully saturated rings. The average Bonchev–Trinajstić information content (AvgIpc) is 3.38. The SMILES string of the molecule is CCCOc1cccc(N2C(=O)C(SCc3ccccc3)=C(c3cccs3)C2=O)c1. The van der Waals surface area contributed by atoms with Crippen LogP contribution in [0.1, 0.15) is 23.8 Å². The maximum atomic E-state index is 13.4. The lowest BCUT2D eigenvalue weighted by Gasteiger charge is -2.16. The first-order valence-electron chi connectivity index (χ1n) is 9.75. The van der Waals surface area contributed by atoms with Gasteiger partial charge in [-0.25, -0.2) is 4.90 Å². The van der Waals surface area contributed by atoms with E-state index in [1.165, 1.54) is 28.0 Å². The number of rotatable bonds is 8. The molecular weight excluding hydrogens is 414 g/mol. The van der Waals surface area contributed by atoms with Gasteiger partial charge in [-0.15, -0.1) is 23.1 Å². The number of thioether (sulfide) groups is 1. The third kappa shape index (κ3) is 4.20. The van der Waals surface area contributed by atoms with Gasteiger partial charge in [0.05, 0.1) is 22.8 Å². The second-order valence-electron chi connectivity index (χ2n) is 6.75. The van der Waals surface area contributed by atoms with Gasteiger partial charge in [0, 0.05) is 16.7 Å². The fourth-order valence-electron chi connectivity index (χ4n) is 3.18. The third-order valence-electron chi connectivity index (χ3n) is 4.58. The van der Waals surface area contributed by atoms with Gasteiger partial charge in [-0.2, -0.15) is 0 Å². The zero-order valence-electron chi connectivity index (χ0n) is 16.5. The highest BCUT2D eigenvalue weighted by atomic mass is 32.2. The quantitative estimate of drug-likeness (QED) is 0.422. The summed E-state index contributed by atoms with van der Waals surface area (Å²) in [5.41, 5.74) is 2.12. The van der Waals surface area contributed by atoms with Crippen LogP contribution in [-0.4, -0.2) is 18.4 Å². The van der Waals surface area contributed by atoms with Crippen LogP contribution in [0.5, 0.6) is 5.75 Å². The summed E-state index contributed by atoms with van der Waals surface area (Å²) in [7, 11) is 0. The highest BCUT2D eigenvalue weighted by molar-refractivity contribution is 8.03. The molecule has 4 rings (SSSR count). The normalized spacial score (nSPS) is 14.0. The first-order valence-corrected chi connectivity index (χ1v) is 11.6. The number of imide groups is 1. The van der Waals surface area contributed by atoms with E-state index in [2.05, 4.69) is 0 Å². The summed E-state index contributed by atoms with van der Waals surface area (Å²) in [4.78, 5) is 29.3. The van der Waals surface area contributed by atoms with Gasteiger partial charge in [0.1, 0.15) is 5.75 Å². The Bertz CT molecular complexity index is 1070. The molecule has 1 aliphatic rings. The van der Waals surface area contributed by atoms with E-state index in [0.717, 1.165) is 16.9 Å². The van der Waals surface area contributed by atoms with Crippen molar-refractivity contribution in [3.63, 3.8) is 0 Å². The Balaban J connectivity index is 1.66. The van der Waals surface area contributed by atoms with Crippen LogP contribution in [0.2, 0.25) is 0 Å². The largest absolute Gasteiger partial charge is 0.494 e. The summed E-state index contributed by atoms with van der Waals surface area (Å²) in [6.07, 6.45) is 0.885. The maximum Gasteiger partial charge on any atom is 0.272 e. The van der Waals surface area contributed by atoms with Gasteiger partial charge in [-0.1, -0.05) is 49.4 Å². The number of carbonyl (C=O) groups is 2. The smallest absolute Gasteiger partial charge is 0.272 e. The highest BCUT2D eigenvalue weighted by Crippen LogP contribution is 2.41. The molecule has 2 heterocycles. The summed E-state index contributed by atoms with van der Waals surface area (Å²) in [6.45, 7) is 2.62. The van der Waals surface area contributed by atoms with Gasteiger partial charge < -0.3 is 4.74 Å². The Labute approximate surface area is 184 Å². The molecule has 0 aliphatic carbocycles. The van der Waals surface area contributed by atoms with E-state index in [0.29, 0.717) is 34.3 Å². The third-order valence-corrected chi connectivity index (χ3v) is 6.62. The zero-order valence-corrected chi connectivity index (χ0v) is 18.2.